The molecule has 1 fully saturated rings. The molecule has 0 spiro atoms. The van der Waals surface area contributed by atoms with Crippen LogP contribution >= 0.6 is 11.8 Å². The molecule has 6 nitrogen and oxygen atoms in total. The lowest BCUT2D eigenvalue weighted by atomic mass is 10.1. The standard InChI is InChI=1S/C17H22N4O2S/c1-21(2)14(12-6-4-3-5-7-12)10-18-15(22)11-24-17-20-19-16(23-17)13-8-9-13/h3-7,13-14H,8-11H2,1-2H3,(H,18,22)/p+1/t14-/m1/s1. The number of nitrogens with zero attached hydrogens (tertiary/aromatic N) is 2. The van der Waals surface area contributed by atoms with Crippen LogP contribution in [-0.4, -0.2) is 42.5 Å². The van der Waals surface area contributed by atoms with E-state index < -0.39 is 0 Å². The summed E-state index contributed by atoms with van der Waals surface area (Å²) in [6.45, 7) is 0.600. The number of amides is 1. The molecule has 1 atom stereocenters. The number of benzene rings is 1. The van der Waals surface area contributed by atoms with Gasteiger partial charge in [0.15, 0.2) is 0 Å². The Bertz CT molecular complexity index is 670. The fraction of sp³-hybridized carbons (Fsp3) is 0.471. The molecule has 2 N–H and O–H groups in total. The minimum atomic E-state index is -0.0200. The minimum Gasteiger partial charge on any atom is -0.416 e. The number of hydrogen-bond donors (Lipinski definition) is 2. The van der Waals surface area contributed by atoms with Crippen molar-refractivity contribution >= 4 is 17.7 Å². The Hall–Kier alpha value is -1.86. The zero-order valence-electron chi connectivity index (χ0n) is 14.0. The van der Waals surface area contributed by atoms with Crippen molar-refractivity contribution < 1.29 is 14.1 Å². The first kappa shape index (κ1) is 17.0. The van der Waals surface area contributed by atoms with Gasteiger partial charge in [-0.25, -0.2) is 0 Å². The van der Waals surface area contributed by atoms with Crippen LogP contribution in [-0.2, 0) is 4.79 Å². The van der Waals surface area contributed by atoms with E-state index in [2.05, 4.69) is 41.7 Å². The molecule has 1 aliphatic carbocycles. The van der Waals surface area contributed by atoms with Crippen molar-refractivity contribution in [2.45, 2.75) is 30.0 Å². The fourth-order valence-electron chi connectivity index (χ4n) is 2.51. The van der Waals surface area contributed by atoms with Crippen molar-refractivity contribution in [1.29, 1.82) is 0 Å². The molecular weight excluding hydrogens is 324 g/mol. The fourth-order valence-corrected chi connectivity index (χ4v) is 3.11. The summed E-state index contributed by atoms with van der Waals surface area (Å²) in [5, 5.41) is 11.5. The highest BCUT2D eigenvalue weighted by Crippen LogP contribution is 2.39. The van der Waals surface area contributed by atoms with E-state index in [1.165, 1.54) is 22.2 Å². The van der Waals surface area contributed by atoms with Crippen molar-refractivity contribution in [3.05, 3.63) is 41.8 Å². The minimum absolute atomic E-state index is 0.0200. The van der Waals surface area contributed by atoms with Crippen LogP contribution < -0.4 is 10.2 Å². The van der Waals surface area contributed by atoms with Crippen molar-refractivity contribution in [2.24, 2.45) is 0 Å². The van der Waals surface area contributed by atoms with E-state index in [0.717, 1.165) is 12.8 Å². The van der Waals surface area contributed by atoms with Crippen LogP contribution in [0, 0.1) is 0 Å². The van der Waals surface area contributed by atoms with Gasteiger partial charge in [0.25, 0.3) is 5.22 Å². The lowest BCUT2D eigenvalue weighted by molar-refractivity contribution is -0.890. The van der Waals surface area contributed by atoms with Gasteiger partial charge in [-0.1, -0.05) is 42.1 Å². The second kappa shape index (κ2) is 7.81. The maximum absolute atomic E-state index is 12.1. The molecule has 1 heterocycles. The van der Waals surface area contributed by atoms with E-state index in [0.29, 0.717) is 23.6 Å². The van der Waals surface area contributed by atoms with Gasteiger partial charge in [0.2, 0.25) is 11.8 Å². The number of thioether (sulfide) groups is 1. The number of carbonyl (C=O) groups excluding carboxylic acids is 1. The quantitative estimate of drug-likeness (QED) is 0.698. The monoisotopic (exact) mass is 347 g/mol. The van der Waals surface area contributed by atoms with Gasteiger partial charge in [-0.05, 0) is 12.8 Å². The van der Waals surface area contributed by atoms with E-state index in [1.54, 1.807) is 0 Å². The molecule has 1 saturated carbocycles. The van der Waals surface area contributed by atoms with E-state index in [9.17, 15) is 4.79 Å². The second-order valence-corrected chi connectivity index (χ2v) is 7.24. The summed E-state index contributed by atoms with van der Waals surface area (Å²) in [6.07, 6.45) is 2.25. The van der Waals surface area contributed by atoms with E-state index >= 15 is 0 Å². The Balaban J connectivity index is 1.46. The molecule has 1 amide bonds. The number of quaternary nitrogens is 1. The lowest BCUT2D eigenvalue weighted by Crippen LogP contribution is -3.07. The zero-order valence-corrected chi connectivity index (χ0v) is 14.8. The predicted molar refractivity (Wildman–Crippen MR) is 92.0 cm³/mol. The number of likely N-dealkylation sites (N-methyl/N-ethyl adjacent to an activating group) is 1. The average molecular weight is 347 g/mol. The third-order valence-electron chi connectivity index (χ3n) is 4.08. The van der Waals surface area contributed by atoms with Crippen LogP contribution in [0.3, 0.4) is 0 Å². The molecule has 0 bridgehead atoms. The van der Waals surface area contributed by atoms with E-state index in [-0.39, 0.29) is 17.7 Å². The molecule has 1 aliphatic rings. The van der Waals surface area contributed by atoms with Gasteiger partial charge in [0, 0.05) is 11.5 Å². The summed E-state index contributed by atoms with van der Waals surface area (Å²) < 4.78 is 5.55. The molecule has 3 rings (SSSR count). The first-order chi connectivity index (χ1) is 11.6. The Morgan fingerprint density at radius 2 is 2.08 bits per heavy atom. The molecule has 1 aromatic heterocycles. The van der Waals surface area contributed by atoms with Crippen molar-refractivity contribution in [3.8, 4) is 0 Å². The van der Waals surface area contributed by atoms with Gasteiger partial charge in [-0.15, -0.1) is 10.2 Å². The summed E-state index contributed by atoms with van der Waals surface area (Å²) in [5.74, 6) is 1.42. The lowest BCUT2D eigenvalue weighted by Gasteiger charge is -2.22. The smallest absolute Gasteiger partial charge is 0.277 e. The predicted octanol–water partition coefficient (Wildman–Crippen LogP) is 1.04. The second-order valence-electron chi connectivity index (χ2n) is 6.31. The molecule has 24 heavy (non-hydrogen) atoms. The summed E-state index contributed by atoms with van der Waals surface area (Å²) in [5.41, 5.74) is 1.22. The normalized spacial score (nSPS) is 15.5. The first-order valence-electron chi connectivity index (χ1n) is 8.21. The molecule has 0 aliphatic heterocycles. The maximum Gasteiger partial charge on any atom is 0.277 e. The third-order valence-corrected chi connectivity index (χ3v) is 4.90. The van der Waals surface area contributed by atoms with Gasteiger partial charge >= 0.3 is 0 Å². The summed E-state index contributed by atoms with van der Waals surface area (Å²) in [4.78, 5) is 13.4. The van der Waals surface area contributed by atoms with E-state index in [4.69, 9.17) is 4.42 Å². The van der Waals surface area contributed by atoms with Gasteiger partial charge in [-0.2, -0.15) is 0 Å². The SMILES string of the molecule is C[NH+](C)[C@H](CNC(=O)CSc1nnc(C2CC2)o1)c1ccccc1. The van der Waals surface area contributed by atoms with Crippen LogP contribution in [0.4, 0.5) is 0 Å². The van der Waals surface area contributed by atoms with Gasteiger partial charge in [0.1, 0.15) is 6.04 Å². The van der Waals surface area contributed by atoms with Crippen LogP contribution in [0.2, 0.25) is 0 Å². The van der Waals surface area contributed by atoms with E-state index in [1.807, 2.05) is 18.2 Å². The highest BCUT2D eigenvalue weighted by atomic mass is 32.2. The Labute approximate surface area is 146 Å². The number of hydrogen-bond acceptors (Lipinski definition) is 5. The van der Waals surface area contributed by atoms with Crippen molar-refractivity contribution in [2.75, 3.05) is 26.4 Å². The number of rotatable bonds is 8. The molecule has 0 radical (unpaired) electrons. The molecule has 2 aromatic rings. The highest BCUT2D eigenvalue weighted by Gasteiger charge is 2.29. The Morgan fingerprint density at radius 3 is 2.75 bits per heavy atom. The van der Waals surface area contributed by atoms with Gasteiger partial charge in [0.05, 0.1) is 26.4 Å². The van der Waals surface area contributed by atoms with Crippen LogP contribution in [0.15, 0.2) is 40.0 Å². The summed E-state index contributed by atoms with van der Waals surface area (Å²) in [7, 11) is 4.19. The highest BCUT2D eigenvalue weighted by molar-refractivity contribution is 7.99. The average Bonchev–Trinajstić information content (AvgIpc) is 3.32. The molecule has 128 valence electrons. The van der Waals surface area contributed by atoms with Gasteiger partial charge < -0.3 is 14.6 Å². The molecule has 0 saturated heterocycles. The molecule has 1 aromatic carbocycles. The number of nitrogens with one attached hydrogen (secondary N) is 2. The molecular formula is C17H23N4O2S+. The number of carbonyl (C=O) groups is 1. The molecule has 7 heteroatoms. The van der Waals surface area contributed by atoms with Crippen LogP contribution in [0.25, 0.3) is 0 Å². The maximum atomic E-state index is 12.1. The van der Waals surface area contributed by atoms with Crippen LogP contribution in [0.1, 0.15) is 36.3 Å². The van der Waals surface area contributed by atoms with Crippen molar-refractivity contribution in [1.82, 2.24) is 15.5 Å². The first-order valence-corrected chi connectivity index (χ1v) is 9.20. The summed E-state index contributed by atoms with van der Waals surface area (Å²) in [6, 6.07) is 10.5. The largest absolute Gasteiger partial charge is 0.416 e. The third kappa shape index (κ3) is 4.58. The van der Waals surface area contributed by atoms with Gasteiger partial charge in [-0.3, -0.25) is 4.79 Å². The zero-order chi connectivity index (χ0) is 16.9. The van der Waals surface area contributed by atoms with Crippen molar-refractivity contribution in [3.63, 3.8) is 0 Å². The number of aromatic nitrogens is 2. The molecule has 0 unspecified atom stereocenters. The summed E-state index contributed by atoms with van der Waals surface area (Å²) >= 11 is 1.29. The Kier molecular flexibility index (Phi) is 5.52. The Morgan fingerprint density at radius 1 is 1.33 bits per heavy atom. The topological polar surface area (TPSA) is 72.5 Å². The van der Waals surface area contributed by atoms with Crippen LogP contribution in [0.5, 0.6) is 0 Å².